The largest absolute Gasteiger partial charge is 0.390 e. The van der Waals surface area contributed by atoms with E-state index in [1.54, 1.807) is 11.8 Å². The summed E-state index contributed by atoms with van der Waals surface area (Å²) in [6.07, 6.45) is 1.74. The normalized spacial score (nSPS) is 11.9. The zero-order chi connectivity index (χ0) is 15.5. The van der Waals surface area contributed by atoms with Gasteiger partial charge >= 0.3 is 0 Å². The molecule has 0 bridgehead atoms. The lowest BCUT2D eigenvalue weighted by molar-refractivity contribution is -0.129. The first-order valence-electron chi connectivity index (χ1n) is 7.11. The first kappa shape index (κ1) is 19.6. The third-order valence-electron chi connectivity index (χ3n) is 2.70. The number of rotatable bonds is 8. The van der Waals surface area contributed by atoms with Gasteiger partial charge in [-0.1, -0.05) is 27.2 Å². The van der Waals surface area contributed by atoms with E-state index in [-0.39, 0.29) is 12.9 Å². The number of ether oxygens (including phenoxy) is 2. The Morgan fingerprint density at radius 3 is 2.55 bits per heavy atom. The smallest absolute Gasteiger partial charge is 0.157 e. The Bertz CT molecular complexity index is 370. The van der Waals surface area contributed by atoms with Crippen molar-refractivity contribution in [2.24, 2.45) is 0 Å². The van der Waals surface area contributed by atoms with Crippen LogP contribution in [0.3, 0.4) is 0 Å². The van der Waals surface area contributed by atoms with E-state index >= 15 is 0 Å². The van der Waals surface area contributed by atoms with Gasteiger partial charge in [-0.2, -0.15) is 5.10 Å². The van der Waals surface area contributed by atoms with Crippen LogP contribution < -0.4 is 0 Å². The number of aliphatic hydroxyl groups excluding tert-OH is 1. The number of hydrogen-bond donors (Lipinski definition) is 1. The maximum Gasteiger partial charge on any atom is 0.157 e. The third-order valence-corrected chi connectivity index (χ3v) is 3.73. The van der Waals surface area contributed by atoms with Gasteiger partial charge in [0, 0.05) is 7.11 Å². The van der Waals surface area contributed by atoms with Crippen molar-refractivity contribution in [2.75, 3.05) is 13.7 Å². The van der Waals surface area contributed by atoms with E-state index in [9.17, 15) is 5.11 Å². The van der Waals surface area contributed by atoms with Crippen LogP contribution in [-0.2, 0) is 22.6 Å². The van der Waals surface area contributed by atoms with Crippen molar-refractivity contribution in [3.63, 3.8) is 0 Å². The number of aliphatic hydroxyl groups is 1. The molecular formula is C14H27BrN2O3. The summed E-state index contributed by atoms with van der Waals surface area (Å²) in [5, 5.41) is 13.6. The Morgan fingerprint density at radius 2 is 2.05 bits per heavy atom. The van der Waals surface area contributed by atoms with Gasteiger partial charge in [-0.15, -0.1) is 0 Å². The Kier molecular flexibility index (Phi) is 11.0. The summed E-state index contributed by atoms with van der Waals surface area (Å²) < 4.78 is 13.4. The van der Waals surface area contributed by atoms with E-state index in [0.29, 0.717) is 13.2 Å². The summed E-state index contributed by atoms with van der Waals surface area (Å²) in [4.78, 5) is 0. The predicted octanol–water partition coefficient (Wildman–Crippen LogP) is 3.26. The Morgan fingerprint density at radius 1 is 1.40 bits per heavy atom. The van der Waals surface area contributed by atoms with Crippen LogP contribution in [0.5, 0.6) is 0 Å². The van der Waals surface area contributed by atoms with Crippen molar-refractivity contribution in [1.29, 1.82) is 0 Å². The van der Waals surface area contributed by atoms with E-state index in [1.165, 1.54) is 0 Å². The molecule has 0 aliphatic carbocycles. The number of aromatic nitrogens is 2. The lowest BCUT2D eigenvalue weighted by Crippen LogP contribution is -2.19. The maximum atomic E-state index is 9.30. The SMILES string of the molecule is CC.CCCC(OC)OCCn1nc(C)c(Br)c1CO. The fourth-order valence-electron chi connectivity index (χ4n) is 1.72. The summed E-state index contributed by atoms with van der Waals surface area (Å²) in [5.74, 6) is 0. The minimum Gasteiger partial charge on any atom is -0.390 e. The average Bonchev–Trinajstić information content (AvgIpc) is 2.74. The first-order valence-corrected chi connectivity index (χ1v) is 7.90. The zero-order valence-electron chi connectivity index (χ0n) is 13.1. The van der Waals surface area contributed by atoms with Crippen LogP contribution >= 0.6 is 15.9 Å². The summed E-state index contributed by atoms with van der Waals surface area (Å²) in [6, 6.07) is 0. The van der Waals surface area contributed by atoms with E-state index in [4.69, 9.17) is 9.47 Å². The van der Waals surface area contributed by atoms with E-state index in [0.717, 1.165) is 28.7 Å². The molecule has 0 spiro atoms. The quantitative estimate of drug-likeness (QED) is 0.731. The van der Waals surface area contributed by atoms with Gasteiger partial charge in [0.05, 0.1) is 35.6 Å². The van der Waals surface area contributed by atoms with Crippen molar-refractivity contribution in [3.8, 4) is 0 Å². The van der Waals surface area contributed by atoms with Crippen molar-refractivity contribution >= 4 is 15.9 Å². The van der Waals surface area contributed by atoms with Crippen molar-refractivity contribution in [3.05, 3.63) is 15.9 Å². The Labute approximate surface area is 130 Å². The zero-order valence-corrected chi connectivity index (χ0v) is 14.7. The predicted molar refractivity (Wildman–Crippen MR) is 83.6 cm³/mol. The molecule has 0 saturated heterocycles. The molecular weight excluding hydrogens is 324 g/mol. The number of hydrogen-bond acceptors (Lipinski definition) is 4. The molecule has 1 aromatic heterocycles. The molecule has 20 heavy (non-hydrogen) atoms. The summed E-state index contributed by atoms with van der Waals surface area (Å²) in [6.45, 7) is 9.07. The highest BCUT2D eigenvalue weighted by molar-refractivity contribution is 9.10. The van der Waals surface area contributed by atoms with Crippen LogP contribution in [0.2, 0.25) is 0 Å². The van der Waals surface area contributed by atoms with Crippen LogP contribution in [0.15, 0.2) is 4.47 Å². The number of nitrogens with zero attached hydrogens (tertiary/aromatic N) is 2. The molecule has 1 aromatic rings. The molecule has 0 aromatic carbocycles. The molecule has 1 atom stereocenters. The van der Waals surface area contributed by atoms with Gasteiger partial charge in [-0.3, -0.25) is 4.68 Å². The molecule has 0 radical (unpaired) electrons. The maximum absolute atomic E-state index is 9.30. The van der Waals surface area contributed by atoms with Crippen LogP contribution in [0.1, 0.15) is 45.0 Å². The second-order valence-electron chi connectivity index (χ2n) is 4.05. The molecule has 1 N–H and O–H groups in total. The van der Waals surface area contributed by atoms with Crippen LogP contribution in [0.4, 0.5) is 0 Å². The van der Waals surface area contributed by atoms with Gasteiger partial charge in [0.1, 0.15) is 0 Å². The second kappa shape index (κ2) is 11.3. The monoisotopic (exact) mass is 350 g/mol. The van der Waals surface area contributed by atoms with E-state index in [1.807, 2.05) is 20.8 Å². The number of aryl methyl sites for hydroxylation is 1. The molecule has 5 nitrogen and oxygen atoms in total. The highest BCUT2D eigenvalue weighted by Crippen LogP contribution is 2.20. The fourth-order valence-corrected chi connectivity index (χ4v) is 2.13. The molecule has 1 unspecified atom stereocenters. The van der Waals surface area contributed by atoms with Crippen LogP contribution in [0, 0.1) is 6.92 Å². The van der Waals surface area contributed by atoms with Gasteiger partial charge in [0.15, 0.2) is 6.29 Å². The molecule has 1 rings (SSSR count). The van der Waals surface area contributed by atoms with Crippen LogP contribution in [0.25, 0.3) is 0 Å². The lowest BCUT2D eigenvalue weighted by Gasteiger charge is -2.15. The standard InChI is InChI=1S/C12H21BrN2O3.C2H6/c1-4-5-11(17-3)18-7-6-15-10(8-16)12(13)9(2)14-15;1-2/h11,16H,4-8H2,1-3H3;1-2H3. The highest BCUT2D eigenvalue weighted by atomic mass is 79.9. The van der Waals surface area contributed by atoms with Gasteiger partial charge in [0.25, 0.3) is 0 Å². The first-order chi connectivity index (χ1) is 9.63. The summed E-state index contributed by atoms with van der Waals surface area (Å²) in [5.41, 5.74) is 1.65. The molecule has 0 fully saturated rings. The topological polar surface area (TPSA) is 56.5 Å². The molecule has 0 saturated carbocycles. The molecule has 0 amide bonds. The number of halogens is 1. The van der Waals surface area contributed by atoms with Gasteiger partial charge in [-0.25, -0.2) is 0 Å². The van der Waals surface area contributed by atoms with Gasteiger partial charge < -0.3 is 14.6 Å². The minimum absolute atomic E-state index is 0.0376. The van der Waals surface area contributed by atoms with Crippen LogP contribution in [-0.4, -0.2) is 34.9 Å². The van der Waals surface area contributed by atoms with Crippen molar-refractivity contribution in [1.82, 2.24) is 9.78 Å². The molecule has 0 aliphatic heterocycles. The van der Waals surface area contributed by atoms with Crippen molar-refractivity contribution in [2.45, 2.75) is 60.0 Å². The number of methoxy groups -OCH3 is 1. The Balaban J connectivity index is 0.00000172. The molecule has 0 aliphatic rings. The third kappa shape index (κ3) is 5.91. The summed E-state index contributed by atoms with van der Waals surface area (Å²) >= 11 is 3.41. The van der Waals surface area contributed by atoms with Gasteiger partial charge in [-0.05, 0) is 29.3 Å². The van der Waals surface area contributed by atoms with E-state index in [2.05, 4.69) is 28.0 Å². The van der Waals surface area contributed by atoms with E-state index < -0.39 is 0 Å². The van der Waals surface area contributed by atoms with Crippen molar-refractivity contribution < 1.29 is 14.6 Å². The molecule has 1 heterocycles. The molecule has 6 heteroatoms. The van der Waals surface area contributed by atoms with Gasteiger partial charge in [0.2, 0.25) is 0 Å². The highest BCUT2D eigenvalue weighted by Gasteiger charge is 2.12. The lowest BCUT2D eigenvalue weighted by atomic mass is 10.3. The average molecular weight is 351 g/mol. The fraction of sp³-hybridized carbons (Fsp3) is 0.786. The minimum atomic E-state index is -0.160. The molecule has 118 valence electrons. The summed E-state index contributed by atoms with van der Waals surface area (Å²) in [7, 11) is 1.65. The Hall–Kier alpha value is -0.430. The second-order valence-corrected chi connectivity index (χ2v) is 4.85.